The molecule has 12 nitrogen and oxygen atoms in total. The molecular weight excluding hydrogens is 863 g/mol. The van der Waals surface area contributed by atoms with Crippen molar-refractivity contribution in [3.63, 3.8) is 0 Å². The molecule has 0 spiro atoms. The lowest BCUT2D eigenvalue weighted by molar-refractivity contribution is -0.144. The summed E-state index contributed by atoms with van der Waals surface area (Å²) in [5.74, 6) is -0.437. The summed E-state index contributed by atoms with van der Waals surface area (Å²) in [6.07, 6.45) is 3.46. The molecule has 1 aromatic heterocycles. The van der Waals surface area contributed by atoms with E-state index in [0.717, 1.165) is 39.2 Å². The number of nitrogens with zero attached hydrogens (tertiary/aromatic N) is 3. The second-order valence-electron chi connectivity index (χ2n) is 17.8. The quantitative estimate of drug-likeness (QED) is 0.0549. The summed E-state index contributed by atoms with van der Waals surface area (Å²) in [5, 5.41) is 16.4. The fourth-order valence-corrected chi connectivity index (χ4v) is 8.85. The minimum Gasteiger partial charge on any atom is -0.492 e. The number of nitrogens with one attached hydrogen (secondary N) is 2. The number of ether oxygens (including phenoxy) is 2. The summed E-state index contributed by atoms with van der Waals surface area (Å²) in [6.45, 7) is 10.5. The van der Waals surface area contributed by atoms with Crippen molar-refractivity contribution in [1.29, 1.82) is 0 Å². The van der Waals surface area contributed by atoms with E-state index in [1.54, 1.807) is 30.5 Å². The Morgan fingerprint density at radius 1 is 0.910 bits per heavy atom. The van der Waals surface area contributed by atoms with Crippen molar-refractivity contribution in [2.45, 2.75) is 85.0 Å². The van der Waals surface area contributed by atoms with Gasteiger partial charge in [0.2, 0.25) is 17.7 Å². The largest absolute Gasteiger partial charge is 0.492 e. The normalized spacial score (nSPS) is 15.7. The maximum atomic E-state index is 14.0. The van der Waals surface area contributed by atoms with Crippen LogP contribution in [0.25, 0.3) is 21.6 Å². The smallest absolute Gasteiger partial charge is 0.409 e. The third-order valence-corrected chi connectivity index (χ3v) is 12.7. The van der Waals surface area contributed by atoms with Crippen LogP contribution in [-0.4, -0.2) is 95.2 Å². The van der Waals surface area contributed by atoms with Gasteiger partial charge in [0.1, 0.15) is 31.0 Å². The molecular formula is C54H63N5O7S. The first kappa shape index (κ1) is 49.9. The van der Waals surface area contributed by atoms with Crippen LogP contribution >= 0.6 is 11.3 Å². The van der Waals surface area contributed by atoms with Crippen LogP contribution in [-0.2, 0) is 25.7 Å². The van der Waals surface area contributed by atoms with Crippen molar-refractivity contribution in [3.8, 4) is 16.2 Å². The molecule has 3 atom stereocenters. The van der Waals surface area contributed by atoms with E-state index in [2.05, 4.69) is 83.2 Å². The Kier molecular flexibility index (Phi) is 17.7. The number of benzene rings is 4. The highest BCUT2D eigenvalue weighted by Crippen LogP contribution is 2.35. The average Bonchev–Trinajstić information content (AvgIpc) is 3.95. The fraction of sp³-hybridized carbons (Fsp3) is 0.352. The van der Waals surface area contributed by atoms with Gasteiger partial charge < -0.3 is 35.0 Å². The van der Waals surface area contributed by atoms with Gasteiger partial charge in [-0.2, -0.15) is 0 Å². The number of amides is 4. The van der Waals surface area contributed by atoms with Gasteiger partial charge >= 0.3 is 6.09 Å². The molecule has 4 amide bonds. The second-order valence-corrected chi connectivity index (χ2v) is 18.6. The number of aromatic nitrogens is 1. The van der Waals surface area contributed by atoms with E-state index >= 15 is 0 Å². The summed E-state index contributed by atoms with van der Waals surface area (Å²) >= 11 is 1.57. The van der Waals surface area contributed by atoms with E-state index in [1.165, 1.54) is 26.5 Å². The van der Waals surface area contributed by atoms with Gasteiger partial charge in [-0.15, -0.1) is 11.3 Å². The number of aliphatic hydroxyl groups is 1. The Morgan fingerprint density at radius 2 is 1.57 bits per heavy atom. The molecule has 1 aliphatic heterocycles. The minimum atomic E-state index is -0.935. The third-order valence-electron chi connectivity index (χ3n) is 11.7. The molecule has 2 heterocycles. The summed E-state index contributed by atoms with van der Waals surface area (Å²) < 4.78 is 11.4. The zero-order chi connectivity index (χ0) is 47.9. The van der Waals surface area contributed by atoms with Crippen LogP contribution in [0.5, 0.6) is 5.75 Å². The lowest BCUT2D eigenvalue weighted by Gasteiger charge is -2.35. The Morgan fingerprint density at radius 3 is 2.19 bits per heavy atom. The predicted molar refractivity (Wildman–Crippen MR) is 265 cm³/mol. The summed E-state index contributed by atoms with van der Waals surface area (Å²) in [6, 6.07) is 34.9. The van der Waals surface area contributed by atoms with Crippen LogP contribution in [0, 0.1) is 12.3 Å². The Hall–Kier alpha value is -6.57. The van der Waals surface area contributed by atoms with Crippen molar-refractivity contribution in [1.82, 2.24) is 25.4 Å². The number of β-amino-alcohol motifs (C(OH)–C–C–N with tert-alkyl or cyclic N) is 1. The van der Waals surface area contributed by atoms with Crippen LogP contribution in [0.1, 0.15) is 81.3 Å². The number of carbonyl (C=O) groups excluding carboxylic acids is 4. The molecule has 4 aromatic carbocycles. The van der Waals surface area contributed by atoms with E-state index in [4.69, 9.17) is 9.47 Å². The van der Waals surface area contributed by atoms with Gasteiger partial charge in [0.15, 0.2) is 0 Å². The number of allylic oxidation sites excluding steroid dienone is 2. The number of thiazole rings is 1. The molecule has 1 aliphatic rings. The number of aliphatic hydroxyl groups excluding tert-OH is 1. The third kappa shape index (κ3) is 13.7. The number of hydrogen-bond donors (Lipinski definition) is 3. The zero-order valence-corrected chi connectivity index (χ0v) is 40.2. The van der Waals surface area contributed by atoms with E-state index < -0.39 is 35.6 Å². The second kappa shape index (κ2) is 23.7. The molecule has 0 saturated carbocycles. The molecule has 6 rings (SSSR count). The Bertz CT molecular complexity index is 2480. The SMILES string of the molecule is CC/C(=C(\c1ccccc1)c1ccc(OCCN(C)C(=O)OC/C=C/CCC(=O)N[C@H](C(=O)N2C[C@H](O)C[C@H]2C(=O)NCc2ccc(-c3scnc3C)cc2)C(C)(C)C)cc1)c1ccccc1. The molecule has 0 aliphatic carbocycles. The summed E-state index contributed by atoms with van der Waals surface area (Å²) in [4.78, 5) is 61.5. The molecule has 13 heteroatoms. The van der Waals surface area contributed by atoms with E-state index in [9.17, 15) is 24.3 Å². The highest BCUT2D eigenvalue weighted by molar-refractivity contribution is 7.13. The number of rotatable bonds is 19. The molecule has 352 valence electrons. The highest BCUT2D eigenvalue weighted by atomic mass is 32.1. The molecule has 0 unspecified atom stereocenters. The maximum absolute atomic E-state index is 14.0. The number of likely N-dealkylation sites (tertiary alicyclic amines) is 1. The van der Waals surface area contributed by atoms with Crippen molar-refractivity contribution in [2.24, 2.45) is 5.41 Å². The minimum absolute atomic E-state index is 0.0102. The standard InChI is InChI=1S/C54H63N5O7S/c1-7-45(39-17-11-8-12-18-39)48(40-19-13-9-14-20-40)41-26-28-44(29-27-41)65-32-30-58(6)53(64)66-31-16-10-15-21-47(61)57-50(54(3,4)5)52(63)59-35-43(60)33-46(59)51(62)55-34-38-22-24-42(25-23-38)49-37(2)56-36-67-49/h8-14,16-20,22-29,36,43,46,50,60H,7,15,21,30-35H2,1-6H3,(H,55,62)(H,57,61)/b16-10+,48-45-/t43-,46+,50-/m1/s1. The number of hydrogen-bond acceptors (Lipinski definition) is 9. The van der Waals surface area contributed by atoms with Crippen LogP contribution in [0.4, 0.5) is 4.79 Å². The lowest BCUT2D eigenvalue weighted by atomic mass is 9.85. The molecule has 67 heavy (non-hydrogen) atoms. The van der Waals surface area contributed by atoms with Crippen LogP contribution in [0.15, 0.2) is 127 Å². The number of likely N-dealkylation sites (N-methyl/N-ethyl adjacent to an activating group) is 1. The van der Waals surface area contributed by atoms with Gasteiger partial charge in [0.25, 0.3) is 0 Å². The van der Waals surface area contributed by atoms with Crippen LogP contribution in [0.2, 0.25) is 0 Å². The van der Waals surface area contributed by atoms with E-state index in [0.29, 0.717) is 18.7 Å². The maximum Gasteiger partial charge on any atom is 0.409 e. The number of aryl methyl sites for hydroxylation is 1. The van der Waals surface area contributed by atoms with E-state index in [1.807, 2.05) is 81.7 Å². The zero-order valence-electron chi connectivity index (χ0n) is 39.4. The topological polar surface area (TPSA) is 150 Å². The van der Waals surface area contributed by atoms with Crippen LogP contribution < -0.4 is 15.4 Å². The van der Waals surface area contributed by atoms with Gasteiger partial charge in [-0.1, -0.05) is 137 Å². The van der Waals surface area contributed by atoms with Gasteiger partial charge in [-0.3, -0.25) is 14.4 Å². The summed E-state index contributed by atoms with van der Waals surface area (Å²) in [7, 11) is 1.64. The first-order chi connectivity index (χ1) is 32.2. The number of carbonyl (C=O) groups is 4. The molecule has 5 aromatic rings. The van der Waals surface area contributed by atoms with Crippen LogP contribution in [0.3, 0.4) is 0 Å². The molecule has 0 radical (unpaired) electrons. The first-order valence-electron chi connectivity index (χ1n) is 22.9. The lowest BCUT2D eigenvalue weighted by Crippen LogP contribution is -2.57. The molecule has 0 bridgehead atoms. The molecule has 1 saturated heterocycles. The molecule has 1 fully saturated rings. The van der Waals surface area contributed by atoms with Gasteiger partial charge in [-0.05, 0) is 76.3 Å². The van der Waals surface area contributed by atoms with E-state index in [-0.39, 0.29) is 51.0 Å². The highest BCUT2D eigenvalue weighted by Gasteiger charge is 2.44. The predicted octanol–water partition coefficient (Wildman–Crippen LogP) is 9.08. The first-order valence-corrected chi connectivity index (χ1v) is 23.8. The van der Waals surface area contributed by atoms with Crippen molar-refractivity contribution >= 4 is 46.3 Å². The fourth-order valence-electron chi connectivity index (χ4n) is 8.04. The average molecular weight is 926 g/mol. The Labute approximate surface area is 398 Å². The van der Waals surface area contributed by atoms with Gasteiger partial charge in [0.05, 0.1) is 28.7 Å². The van der Waals surface area contributed by atoms with Gasteiger partial charge in [0, 0.05) is 33.0 Å². The summed E-state index contributed by atoms with van der Waals surface area (Å²) in [5.41, 5.74) is 9.90. The monoisotopic (exact) mass is 925 g/mol. The van der Waals surface area contributed by atoms with Crippen molar-refractivity contribution < 1.29 is 33.8 Å². The van der Waals surface area contributed by atoms with Crippen molar-refractivity contribution in [2.75, 3.05) is 33.4 Å². The van der Waals surface area contributed by atoms with Crippen molar-refractivity contribution in [3.05, 3.63) is 155 Å². The van der Waals surface area contributed by atoms with Gasteiger partial charge in [-0.25, -0.2) is 9.78 Å². The molecule has 3 N–H and O–H groups in total. The Balaban J connectivity index is 0.920.